The first-order valence-electron chi connectivity index (χ1n) is 6.92. The average molecular weight is 270 g/mol. The molecule has 0 N–H and O–H groups in total. The first-order chi connectivity index (χ1) is 10.3. The van der Waals surface area contributed by atoms with E-state index >= 15 is 0 Å². The molecule has 0 spiro atoms. The van der Waals surface area contributed by atoms with Crippen LogP contribution in [-0.4, -0.2) is 0 Å². The fourth-order valence-electron chi connectivity index (χ4n) is 3.34. The fourth-order valence-corrected chi connectivity index (χ4v) is 3.34. The van der Waals surface area contributed by atoms with E-state index in [-0.39, 0.29) is 5.63 Å². The second-order valence-corrected chi connectivity index (χ2v) is 5.41. The van der Waals surface area contributed by atoms with Crippen LogP contribution >= 0.6 is 0 Å². The number of hydrogen-bond donors (Lipinski definition) is 0. The van der Waals surface area contributed by atoms with Gasteiger partial charge in [-0.2, -0.15) is 0 Å². The van der Waals surface area contributed by atoms with Gasteiger partial charge in [0, 0.05) is 22.2 Å². The summed E-state index contributed by atoms with van der Waals surface area (Å²) in [6.07, 6.45) is 0. The minimum Gasteiger partial charge on any atom is -0.422 e. The fraction of sp³-hybridized carbons (Fsp3) is 0. The van der Waals surface area contributed by atoms with E-state index in [1.165, 1.54) is 33.0 Å². The maximum Gasteiger partial charge on any atom is 0.336 e. The number of rotatable bonds is 0. The molecule has 0 radical (unpaired) electrons. The highest BCUT2D eigenvalue weighted by atomic mass is 16.4. The first-order valence-corrected chi connectivity index (χ1v) is 6.92. The van der Waals surface area contributed by atoms with Gasteiger partial charge in [-0.05, 0) is 39.7 Å². The van der Waals surface area contributed by atoms with Gasteiger partial charge in [-0.3, -0.25) is 0 Å². The molecule has 4 aromatic carbocycles. The highest BCUT2D eigenvalue weighted by Crippen LogP contribution is 2.37. The Morgan fingerprint density at radius 1 is 0.667 bits per heavy atom. The van der Waals surface area contributed by atoms with Crippen molar-refractivity contribution in [2.24, 2.45) is 0 Å². The number of hydrogen-bond acceptors (Lipinski definition) is 2. The molecule has 0 aliphatic heterocycles. The lowest BCUT2D eigenvalue weighted by atomic mass is 9.93. The van der Waals surface area contributed by atoms with Crippen molar-refractivity contribution in [3.63, 3.8) is 0 Å². The molecular weight excluding hydrogens is 260 g/mol. The van der Waals surface area contributed by atoms with Crippen LogP contribution < -0.4 is 5.63 Å². The molecule has 0 aliphatic carbocycles. The van der Waals surface area contributed by atoms with Crippen LogP contribution in [0, 0.1) is 0 Å². The standard InChI is InChI=1S/C19H10O2/c20-16-9-7-14-10-13-5-4-11-2-1-3-12-6-8-15(19(14)21-16)18(13)17(11)12/h1-10H. The largest absolute Gasteiger partial charge is 0.422 e. The Morgan fingerprint density at radius 3 is 2.24 bits per heavy atom. The van der Waals surface area contributed by atoms with Gasteiger partial charge >= 0.3 is 5.63 Å². The van der Waals surface area contributed by atoms with Crippen LogP contribution in [0.2, 0.25) is 0 Å². The van der Waals surface area contributed by atoms with Gasteiger partial charge in [-0.15, -0.1) is 0 Å². The van der Waals surface area contributed by atoms with Gasteiger partial charge in [-0.25, -0.2) is 4.79 Å². The molecule has 98 valence electrons. The molecule has 5 rings (SSSR count). The molecule has 5 aromatic rings. The predicted octanol–water partition coefficient (Wildman–Crippen LogP) is 4.69. The third kappa shape index (κ3) is 1.34. The highest BCUT2D eigenvalue weighted by Gasteiger charge is 2.12. The van der Waals surface area contributed by atoms with Crippen LogP contribution in [-0.2, 0) is 0 Å². The summed E-state index contributed by atoms with van der Waals surface area (Å²) in [5.74, 6) is 0. The second-order valence-electron chi connectivity index (χ2n) is 5.41. The molecule has 2 heteroatoms. The lowest BCUT2D eigenvalue weighted by molar-refractivity contribution is 0.564. The third-order valence-corrected chi connectivity index (χ3v) is 4.23. The van der Waals surface area contributed by atoms with Crippen LogP contribution in [0.15, 0.2) is 69.9 Å². The second kappa shape index (κ2) is 3.61. The molecule has 0 aliphatic rings. The monoisotopic (exact) mass is 270 g/mol. The van der Waals surface area contributed by atoms with E-state index in [0.29, 0.717) is 5.58 Å². The summed E-state index contributed by atoms with van der Waals surface area (Å²) in [6.45, 7) is 0. The first kappa shape index (κ1) is 10.9. The molecule has 2 nitrogen and oxygen atoms in total. The van der Waals surface area contributed by atoms with Crippen molar-refractivity contribution >= 4 is 43.3 Å². The van der Waals surface area contributed by atoms with Crippen LogP contribution in [0.1, 0.15) is 0 Å². The smallest absolute Gasteiger partial charge is 0.336 e. The van der Waals surface area contributed by atoms with Gasteiger partial charge in [-0.1, -0.05) is 36.4 Å². The Balaban J connectivity index is 2.22. The molecular formula is C19H10O2. The van der Waals surface area contributed by atoms with Crippen LogP contribution in [0.3, 0.4) is 0 Å². The molecule has 1 heterocycles. The van der Waals surface area contributed by atoms with E-state index < -0.39 is 0 Å². The summed E-state index contributed by atoms with van der Waals surface area (Å²) in [6, 6.07) is 20.1. The zero-order valence-electron chi connectivity index (χ0n) is 11.1. The molecule has 0 unspecified atom stereocenters. The third-order valence-electron chi connectivity index (χ3n) is 4.23. The van der Waals surface area contributed by atoms with Gasteiger partial charge in [0.2, 0.25) is 0 Å². The summed E-state index contributed by atoms with van der Waals surface area (Å²) in [5.41, 5.74) is 0.366. The highest BCUT2D eigenvalue weighted by molar-refractivity contribution is 6.27. The minimum atomic E-state index is -0.308. The Labute approximate surface area is 119 Å². The Hall–Kier alpha value is -2.87. The molecule has 0 fully saturated rings. The van der Waals surface area contributed by atoms with E-state index in [4.69, 9.17) is 4.42 Å². The van der Waals surface area contributed by atoms with Gasteiger partial charge in [0.05, 0.1) is 0 Å². The van der Waals surface area contributed by atoms with E-state index in [0.717, 1.165) is 10.8 Å². The summed E-state index contributed by atoms with van der Waals surface area (Å²) < 4.78 is 5.46. The minimum absolute atomic E-state index is 0.308. The van der Waals surface area contributed by atoms with E-state index in [1.807, 2.05) is 6.07 Å². The lowest BCUT2D eigenvalue weighted by Gasteiger charge is -2.11. The lowest BCUT2D eigenvalue weighted by Crippen LogP contribution is -1.95. The van der Waals surface area contributed by atoms with Gasteiger partial charge in [0.15, 0.2) is 0 Å². The zero-order chi connectivity index (χ0) is 14.0. The van der Waals surface area contributed by atoms with Crippen LogP contribution in [0.5, 0.6) is 0 Å². The predicted molar refractivity (Wildman–Crippen MR) is 86.2 cm³/mol. The summed E-state index contributed by atoms with van der Waals surface area (Å²) in [5, 5.41) is 7.97. The van der Waals surface area contributed by atoms with Crippen molar-refractivity contribution in [2.75, 3.05) is 0 Å². The van der Waals surface area contributed by atoms with Crippen LogP contribution in [0.25, 0.3) is 43.3 Å². The maximum atomic E-state index is 11.6. The van der Waals surface area contributed by atoms with Crippen LogP contribution in [0.4, 0.5) is 0 Å². The van der Waals surface area contributed by atoms with Gasteiger partial charge < -0.3 is 4.42 Å². The number of benzene rings is 4. The molecule has 1 aromatic heterocycles. The average Bonchev–Trinajstić information content (AvgIpc) is 2.52. The van der Waals surface area contributed by atoms with Crippen molar-refractivity contribution in [3.05, 3.63) is 71.1 Å². The number of fused-ring (bicyclic) bond motifs is 2. The Kier molecular flexibility index (Phi) is 1.87. The van der Waals surface area contributed by atoms with E-state index in [2.05, 4.69) is 48.5 Å². The molecule has 21 heavy (non-hydrogen) atoms. The van der Waals surface area contributed by atoms with Crippen molar-refractivity contribution in [1.82, 2.24) is 0 Å². The van der Waals surface area contributed by atoms with Gasteiger partial charge in [0.25, 0.3) is 0 Å². The van der Waals surface area contributed by atoms with E-state index in [9.17, 15) is 4.79 Å². The zero-order valence-corrected chi connectivity index (χ0v) is 11.1. The van der Waals surface area contributed by atoms with E-state index in [1.54, 1.807) is 0 Å². The molecule has 0 amide bonds. The summed E-state index contributed by atoms with van der Waals surface area (Å²) >= 11 is 0. The molecule has 0 atom stereocenters. The SMILES string of the molecule is O=c1ccc2cc3ccc4cccc5ccc(c2o1)c3c45. The van der Waals surface area contributed by atoms with Crippen molar-refractivity contribution < 1.29 is 4.42 Å². The molecule has 0 saturated carbocycles. The van der Waals surface area contributed by atoms with Crippen molar-refractivity contribution in [3.8, 4) is 0 Å². The Bertz CT molecular complexity index is 1180. The maximum absolute atomic E-state index is 11.6. The Morgan fingerprint density at radius 2 is 1.38 bits per heavy atom. The molecule has 0 bridgehead atoms. The topological polar surface area (TPSA) is 30.2 Å². The summed E-state index contributed by atoms with van der Waals surface area (Å²) in [7, 11) is 0. The van der Waals surface area contributed by atoms with Gasteiger partial charge in [0.1, 0.15) is 5.58 Å². The normalized spacial score (nSPS) is 12.0. The quantitative estimate of drug-likeness (QED) is 0.232. The van der Waals surface area contributed by atoms with Crippen molar-refractivity contribution in [2.45, 2.75) is 0 Å². The summed E-state index contributed by atoms with van der Waals surface area (Å²) in [4.78, 5) is 11.6. The molecule has 0 saturated heterocycles. The van der Waals surface area contributed by atoms with Crippen molar-refractivity contribution in [1.29, 1.82) is 0 Å².